The minimum absolute atomic E-state index is 0.0896. The molecule has 1 fully saturated rings. The molecule has 4 heteroatoms. The highest BCUT2D eigenvalue weighted by Crippen LogP contribution is 2.30. The number of rotatable bonds is 5. The summed E-state index contributed by atoms with van der Waals surface area (Å²) < 4.78 is 0. The van der Waals surface area contributed by atoms with Crippen molar-refractivity contribution >= 4 is 17.4 Å². The summed E-state index contributed by atoms with van der Waals surface area (Å²) in [6.07, 6.45) is 10.1. The molecule has 0 amide bonds. The van der Waals surface area contributed by atoms with Crippen LogP contribution < -0.4 is 0 Å². The molecule has 0 aromatic rings. The fourth-order valence-corrected chi connectivity index (χ4v) is 3.34. The molecule has 0 aromatic carbocycles. The lowest BCUT2D eigenvalue weighted by atomic mass is 9.84. The van der Waals surface area contributed by atoms with Gasteiger partial charge in [-0.15, -0.1) is 11.6 Å². The maximum atomic E-state index is 11.6. The molecule has 1 unspecified atom stereocenters. The van der Waals surface area contributed by atoms with Gasteiger partial charge in [-0.3, -0.25) is 14.6 Å². The molecular formula is C15H23ClN2O. The predicted molar refractivity (Wildman–Crippen MR) is 79.7 cm³/mol. The van der Waals surface area contributed by atoms with Gasteiger partial charge in [0.05, 0.1) is 0 Å². The molecule has 1 saturated heterocycles. The van der Waals surface area contributed by atoms with Crippen LogP contribution in [0.4, 0.5) is 0 Å². The summed E-state index contributed by atoms with van der Waals surface area (Å²) in [6, 6.07) is 0. The SMILES string of the molecule is CC(=O)CC1(N2CCN(CCCl)CC2)C=CC=CC1. The van der Waals surface area contributed by atoms with E-state index in [0.29, 0.717) is 12.3 Å². The number of hydrogen-bond donors (Lipinski definition) is 0. The number of piperazine rings is 1. The van der Waals surface area contributed by atoms with Gasteiger partial charge in [0.2, 0.25) is 0 Å². The minimum Gasteiger partial charge on any atom is -0.300 e. The van der Waals surface area contributed by atoms with Crippen LogP contribution in [-0.2, 0) is 4.79 Å². The van der Waals surface area contributed by atoms with E-state index in [1.165, 1.54) is 0 Å². The van der Waals surface area contributed by atoms with E-state index in [1.807, 2.05) is 0 Å². The summed E-state index contributed by atoms with van der Waals surface area (Å²) >= 11 is 5.80. The normalized spacial score (nSPS) is 28.7. The van der Waals surface area contributed by atoms with Gasteiger partial charge in [-0.05, 0) is 13.3 Å². The number of carbonyl (C=O) groups excluding carboxylic acids is 1. The number of allylic oxidation sites excluding steroid dienone is 2. The number of Topliss-reactive ketones (excluding diaryl/α,β-unsaturated/α-hetero) is 1. The van der Waals surface area contributed by atoms with Crippen LogP contribution in [0.15, 0.2) is 24.3 Å². The zero-order valence-electron chi connectivity index (χ0n) is 11.6. The van der Waals surface area contributed by atoms with Crippen molar-refractivity contribution in [1.82, 2.24) is 9.80 Å². The van der Waals surface area contributed by atoms with Gasteiger partial charge in [0.1, 0.15) is 5.78 Å². The summed E-state index contributed by atoms with van der Waals surface area (Å²) in [4.78, 5) is 16.5. The molecule has 0 saturated carbocycles. The molecule has 0 aromatic heterocycles. The number of ketones is 1. The van der Waals surface area contributed by atoms with E-state index in [0.717, 1.165) is 39.1 Å². The van der Waals surface area contributed by atoms with Crippen LogP contribution in [0.1, 0.15) is 19.8 Å². The first kappa shape index (κ1) is 14.8. The molecule has 0 N–H and O–H groups in total. The van der Waals surface area contributed by atoms with Gasteiger partial charge in [-0.2, -0.15) is 0 Å². The van der Waals surface area contributed by atoms with Gasteiger partial charge in [0.25, 0.3) is 0 Å². The second-order valence-corrected chi connectivity index (χ2v) is 5.87. The van der Waals surface area contributed by atoms with Crippen LogP contribution in [0, 0.1) is 0 Å². The van der Waals surface area contributed by atoms with Crippen molar-refractivity contribution < 1.29 is 4.79 Å². The van der Waals surface area contributed by atoms with Crippen LogP contribution in [0.2, 0.25) is 0 Å². The first-order valence-electron chi connectivity index (χ1n) is 7.03. The molecule has 19 heavy (non-hydrogen) atoms. The van der Waals surface area contributed by atoms with Crippen LogP contribution in [0.25, 0.3) is 0 Å². The summed E-state index contributed by atoms with van der Waals surface area (Å²) in [7, 11) is 0. The van der Waals surface area contributed by atoms with Gasteiger partial charge >= 0.3 is 0 Å². The van der Waals surface area contributed by atoms with E-state index in [-0.39, 0.29) is 11.3 Å². The molecule has 1 aliphatic heterocycles. The number of alkyl halides is 1. The van der Waals surface area contributed by atoms with Crippen LogP contribution >= 0.6 is 11.6 Å². The Labute approximate surface area is 120 Å². The van der Waals surface area contributed by atoms with Crippen molar-refractivity contribution in [3.8, 4) is 0 Å². The van der Waals surface area contributed by atoms with Crippen molar-refractivity contribution in [3.05, 3.63) is 24.3 Å². The molecule has 0 spiro atoms. The van der Waals surface area contributed by atoms with Crippen LogP contribution in [0.3, 0.4) is 0 Å². The average molecular weight is 283 g/mol. The van der Waals surface area contributed by atoms with Gasteiger partial charge in [-0.1, -0.05) is 24.3 Å². The zero-order chi connectivity index (χ0) is 13.7. The Morgan fingerprint density at radius 2 is 2.00 bits per heavy atom. The van der Waals surface area contributed by atoms with Crippen molar-refractivity contribution in [3.63, 3.8) is 0 Å². The molecule has 2 aliphatic rings. The molecule has 0 bridgehead atoms. The summed E-state index contributed by atoms with van der Waals surface area (Å²) in [6.45, 7) is 6.78. The largest absolute Gasteiger partial charge is 0.300 e. The first-order chi connectivity index (χ1) is 9.16. The molecule has 1 aliphatic carbocycles. The Bertz CT molecular complexity index is 372. The van der Waals surface area contributed by atoms with E-state index in [9.17, 15) is 4.79 Å². The second kappa shape index (κ2) is 6.69. The fraction of sp³-hybridized carbons (Fsp3) is 0.667. The third-order valence-electron chi connectivity index (χ3n) is 4.08. The molecule has 1 atom stereocenters. The lowest BCUT2D eigenvalue weighted by molar-refractivity contribution is -0.119. The third-order valence-corrected chi connectivity index (χ3v) is 4.25. The molecule has 2 rings (SSSR count). The Morgan fingerprint density at radius 3 is 2.53 bits per heavy atom. The van der Waals surface area contributed by atoms with E-state index < -0.39 is 0 Å². The minimum atomic E-state index is -0.0896. The van der Waals surface area contributed by atoms with E-state index in [4.69, 9.17) is 11.6 Å². The van der Waals surface area contributed by atoms with Crippen molar-refractivity contribution in [2.45, 2.75) is 25.3 Å². The third kappa shape index (κ3) is 3.68. The number of carbonyl (C=O) groups is 1. The first-order valence-corrected chi connectivity index (χ1v) is 7.57. The quantitative estimate of drug-likeness (QED) is 0.722. The highest BCUT2D eigenvalue weighted by Gasteiger charge is 2.36. The Morgan fingerprint density at radius 1 is 1.26 bits per heavy atom. The second-order valence-electron chi connectivity index (χ2n) is 5.49. The molecule has 3 nitrogen and oxygen atoms in total. The number of halogens is 1. The van der Waals surface area contributed by atoms with Gasteiger partial charge in [0.15, 0.2) is 0 Å². The molecule has 106 valence electrons. The van der Waals surface area contributed by atoms with Crippen LogP contribution in [0.5, 0.6) is 0 Å². The highest BCUT2D eigenvalue weighted by molar-refractivity contribution is 6.18. The van der Waals surface area contributed by atoms with Gasteiger partial charge in [0, 0.05) is 50.6 Å². The van der Waals surface area contributed by atoms with Gasteiger partial charge in [-0.25, -0.2) is 0 Å². The summed E-state index contributed by atoms with van der Waals surface area (Å²) in [5.41, 5.74) is -0.0896. The topological polar surface area (TPSA) is 23.6 Å². The maximum Gasteiger partial charge on any atom is 0.132 e. The Kier molecular flexibility index (Phi) is 5.20. The predicted octanol–water partition coefficient (Wildman–Crippen LogP) is 2.08. The standard InChI is InChI=1S/C15H23ClN2O/c1-14(19)13-15(5-3-2-4-6-15)18-11-9-17(8-7-16)10-12-18/h2-5H,6-13H2,1H3. The Hall–Kier alpha value is -0.640. The van der Waals surface area contributed by atoms with Crippen molar-refractivity contribution in [2.24, 2.45) is 0 Å². The lowest BCUT2D eigenvalue weighted by Gasteiger charge is -2.46. The van der Waals surface area contributed by atoms with Crippen LogP contribution in [-0.4, -0.2) is 59.7 Å². The monoisotopic (exact) mass is 282 g/mol. The van der Waals surface area contributed by atoms with Gasteiger partial charge < -0.3 is 0 Å². The summed E-state index contributed by atoms with van der Waals surface area (Å²) in [5.74, 6) is 0.962. The maximum absolute atomic E-state index is 11.6. The smallest absolute Gasteiger partial charge is 0.132 e. The number of nitrogens with zero attached hydrogens (tertiary/aromatic N) is 2. The molecule has 0 radical (unpaired) electrons. The molecule has 1 heterocycles. The number of hydrogen-bond acceptors (Lipinski definition) is 3. The van der Waals surface area contributed by atoms with E-state index in [2.05, 4.69) is 34.1 Å². The van der Waals surface area contributed by atoms with Crippen molar-refractivity contribution in [2.75, 3.05) is 38.6 Å². The highest BCUT2D eigenvalue weighted by atomic mass is 35.5. The Balaban J connectivity index is 2.02. The molecular weight excluding hydrogens is 260 g/mol. The van der Waals surface area contributed by atoms with E-state index in [1.54, 1.807) is 6.92 Å². The average Bonchev–Trinajstić information content (AvgIpc) is 2.40. The summed E-state index contributed by atoms with van der Waals surface area (Å²) in [5, 5.41) is 0. The van der Waals surface area contributed by atoms with E-state index >= 15 is 0 Å². The fourth-order valence-electron chi connectivity index (χ4n) is 3.10. The van der Waals surface area contributed by atoms with Crippen molar-refractivity contribution in [1.29, 1.82) is 0 Å². The lowest BCUT2D eigenvalue weighted by Crippen LogP contribution is -2.57. The zero-order valence-corrected chi connectivity index (χ0v) is 12.4.